The van der Waals surface area contributed by atoms with Crippen molar-refractivity contribution in [2.45, 2.75) is 0 Å². The molecule has 0 atom stereocenters. The first-order valence-electron chi connectivity index (χ1n) is 21.8. The summed E-state index contributed by atoms with van der Waals surface area (Å²) in [7, 11) is -3.11. The van der Waals surface area contributed by atoms with Crippen molar-refractivity contribution in [3.05, 3.63) is 237 Å². The summed E-state index contributed by atoms with van der Waals surface area (Å²) >= 11 is 0. The van der Waals surface area contributed by atoms with Gasteiger partial charge in [0.25, 0.3) is 0 Å². The van der Waals surface area contributed by atoms with Crippen LogP contribution in [0.3, 0.4) is 0 Å². The average molecular weight is 819 g/mol. The van der Waals surface area contributed by atoms with E-state index in [0.717, 1.165) is 45.5 Å². The molecule has 63 heavy (non-hydrogen) atoms. The van der Waals surface area contributed by atoms with E-state index in [0.29, 0.717) is 0 Å². The Hall–Kier alpha value is -7.93. The van der Waals surface area contributed by atoms with Crippen molar-refractivity contribution in [2.24, 2.45) is 0 Å². The second kappa shape index (κ2) is 14.1. The highest BCUT2D eigenvalue weighted by Crippen LogP contribution is 2.59. The topological polar surface area (TPSA) is 22.6 Å². The Kier molecular flexibility index (Phi) is 7.99. The molecule has 0 unspecified atom stereocenters. The fourth-order valence-corrected chi connectivity index (χ4v) is 16.4. The van der Waals surface area contributed by atoms with Gasteiger partial charge in [0.1, 0.15) is 0 Å². The maximum absolute atomic E-state index is 4.81. The second-order valence-corrected chi connectivity index (χ2v) is 20.4. The van der Waals surface area contributed by atoms with Gasteiger partial charge < -0.3 is 14.7 Å². The first-order valence-corrected chi connectivity index (χ1v) is 23.8. The third-order valence-electron chi connectivity index (χ3n) is 13.5. The van der Waals surface area contributed by atoms with Crippen LogP contribution in [0.4, 0.5) is 51.2 Å². The zero-order chi connectivity index (χ0) is 41.5. The monoisotopic (exact) mass is 818 g/mol. The zero-order valence-corrected chi connectivity index (χ0v) is 35.4. The number of pyridine rings is 1. The van der Waals surface area contributed by atoms with Gasteiger partial charge in [0, 0.05) is 23.0 Å². The second-order valence-electron chi connectivity index (χ2n) is 16.7. The van der Waals surface area contributed by atoms with Gasteiger partial charge in [-0.1, -0.05) is 175 Å². The average Bonchev–Trinajstić information content (AvgIpc) is 3.36. The van der Waals surface area contributed by atoms with E-state index in [9.17, 15) is 0 Å². The summed E-state index contributed by atoms with van der Waals surface area (Å²) in [6.07, 6.45) is 3.91. The molecule has 0 radical (unpaired) electrons. The molecule has 0 spiro atoms. The number of nitrogens with zero attached hydrogens (tertiary/aromatic N) is 4. The molecule has 0 amide bonds. The Morgan fingerprint density at radius 3 is 1.67 bits per heavy atom. The van der Waals surface area contributed by atoms with E-state index in [1.54, 1.807) is 0 Å². The molecule has 1 aromatic heterocycles. The fourth-order valence-electron chi connectivity index (χ4n) is 11.2. The maximum atomic E-state index is 4.81. The predicted molar refractivity (Wildman–Crippen MR) is 268 cm³/mol. The molecular weight excluding hydrogens is 780 g/mol. The molecule has 0 N–H and O–H groups in total. The molecule has 0 aliphatic carbocycles. The quantitative estimate of drug-likeness (QED) is 0.162. The molecule has 0 bridgehead atoms. The number of aromatic nitrogens is 1. The Labute approximate surface area is 368 Å². The smallest absolute Gasteiger partial charge is 0.246 e. The highest BCUT2D eigenvalue weighted by Gasteiger charge is 2.55. The summed E-state index contributed by atoms with van der Waals surface area (Å²) in [6, 6.07) is 83.7. The molecule has 9 aromatic carbocycles. The van der Waals surface area contributed by atoms with Gasteiger partial charge in [0.2, 0.25) is 6.71 Å². The Bertz CT molecular complexity index is 3340. The molecule has 0 saturated heterocycles. The Morgan fingerprint density at radius 1 is 0.381 bits per heavy atom. The van der Waals surface area contributed by atoms with Crippen LogP contribution in [0.15, 0.2) is 237 Å². The van der Waals surface area contributed by atoms with Crippen molar-refractivity contribution >= 4 is 114 Å². The number of rotatable bonds is 5. The van der Waals surface area contributed by atoms with Crippen LogP contribution < -0.4 is 51.8 Å². The van der Waals surface area contributed by atoms with E-state index in [1.165, 1.54) is 53.6 Å². The van der Waals surface area contributed by atoms with Gasteiger partial charge in [-0.05, 0) is 91.7 Å². The summed E-state index contributed by atoms with van der Waals surface area (Å²) in [5.41, 5.74) is 14.1. The largest absolute Gasteiger partial charge is 0.308 e. The normalized spacial score (nSPS) is 14.0. The molecule has 3 aliphatic rings. The van der Waals surface area contributed by atoms with Gasteiger partial charge in [-0.15, -0.1) is 0 Å². The van der Waals surface area contributed by atoms with Crippen LogP contribution in [-0.2, 0) is 0 Å². The van der Waals surface area contributed by atoms with Crippen molar-refractivity contribution in [1.82, 2.24) is 4.98 Å². The molecule has 294 valence electrons. The van der Waals surface area contributed by atoms with Gasteiger partial charge in [0.15, 0.2) is 8.07 Å². The van der Waals surface area contributed by atoms with Crippen molar-refractivity contribution in [3.8, 4) is 0 Å². The van der Waals surface area contributed by atoms with Gasteiger partial charge in [-0.25, -0.2) is 0 Å². The summed E-state index contributed by atoms with van der Waals surface area (Å²) < 4.78 is 0. The number of fused-ring (bicyclic) bond motifs is 8. The number of benzene rings is 9. The number of anilines is 9. The van der Waals surface area contributed by atoms with Crippen LogP contribution in [0.1, 0.15) is 0 Å². The highest BCUT2D eigenvalue weighted by atomic mass is 28.3. The molecule has 0 saturated carbocycles. The molecule has 4 heterocycles. The fraction of sp³-hybridized carbons (Fsp3) is 0. The van der Waals surface area contributed by atoms with Gasteiger partial charge in [0.05, 0.1) is 46.0 Å². The van der Waals surface area contributed by atoms with Crippen LogP contribution >= 0.6 is 0 Å². The standard InChI is InChI=1S/C57H39BN4Si/c1-4-22-41(23-5-1)60-50-33-15-16-34-51(50)62(48-35-18-21-40-20-10-11-29-45(40)48)52-38-54-55-57(56(52)60)61(42-24-19-37-59-39-42)49-32-14-12-30-46(49)58(55)47-31-13-17-36-53(47)63(54,43-25-6-2-7-26-43)44-27-8-3-9-28-44/h1-39H. The summed E-state index contributed by atoms with van der Waals surface area (Å²) in [5.74, 6) is 0. The van der Waals surface area contributed by atoms with Gasteiger partial charge >= 0.3 is 0 Å². The first kappa shape index (κ1) is 35.8. The molecule has 3 aliphatic heterocycles. The van der Waals surface area contributed by atoms with E-state index in [2.05, 4.69) is 239 Å². The SMILES string of the molecule is c1ccc(N2c3ccccc3N(c3cccc4ccccc34)c3cc4c5c(c32)N(c2cccnc2)c2ccccc2B5c2ccccc2[Si]4(c2ccccc2)c2ccccc2)cc1. The van der Waals surface area contributed by atoms with Crippen LogP contribution in [0.5, 0.6) is 0 Å². The van der Waals surface area contributed by atoms with Crippen molar-refractivity contribution in [1.29, 1.82) is 0 Å². The minimum atomic E-state index is -3.11. The van der Waals surface area contributed by atoms with Crippen molar-refractivity contribution in [3.63, 3.8) is 0 Å². The molecular formula is C57H39BN4Si. The predicted octanol–water partition coefficient (Wildman–Crippen LogP) is 9.48. The lowest BCUT2D eigenvalue weighted by Gasteiger charge is -2.51. The van der Waals surface area contributed by atoms with Crippen LogP contribution in [0.2, 0.25) is 0 Å². The van der Waals surface area contributed by atoms with E-state index in [-0.39, 0.29) is 6.71 Å². The van der Waals surface area contributed by atoms with E-state index < -0.39 is 8.07 Å². The third kappa shape index (κ3) is 5.07. The third-order valence-corrected chi connectivity index (χ3v) is 18.4. The number of hydrogen-bond donors (Lipinski definition) is 0. The van der Waals surface area contributed by atoms with Crippen LogP contribution in [0.25, 0.3) is 10.8 Å². The molecule has 0 fully saturated rings. The van der Waals surface area contributed by atoms with Crippen LogP contribution in [0, 0.1) is 0 Å². The van der Waals surface area contributed by atoms with Gasteiger partial charge in [-0.3, -0.25) is 4.98 Å². The van der Waals surface area contributed by atoms with Crippen molar-refractivity contribution < 1.29 is 0 Å². The lowest BCUT2D eigenvalue weighted by molar-refractivity contribution is 1.16. The highest BCUT2D eigenvalue weighted by molar-refractivity contribution is 7.26. The van der Waals surface area contributed by atoms with E-state index in [1.807, 2.05) is 12.4 Å². The molecule has 13 rings (SSSR count). The number of hydrogen-bond acceptors (Lipinski definition) is 4. The summed E-state index contributed by atoms with van der Waals surface area (Å²) in [4.78, 5) is 12.4. The maximum Gasteiger partial charge on any atom is 0.246 e. The van der Waals surface area contributed by atoms with Gasteiger partial charge in [-0.2, -0.15) is 0 Å². The van der Waals surface area contributed by atoms with E-state index >= 15 is 0 Å². The van der Waals surface area contributed by atoms with Crippen molar-refractivity contribution in [2.75, 3.05) is 14.7 Å². The lowest BCUT2D eigenvalue weighted by atomic mass is 9.34. The Morgan fingerprint density at radius 2 is 0.937 bits per heavy atom. The first-order chi connectivity index (χ1) is 31.3. The summed E-state index contributed by atoms with van der Waals surface area (Å²) in [6.45, 7) is -0.0329. The zero-order valence-electron chi connectivity index (χ0n) is 34.4. The summed E-state index contributed by atoms with van der Waals surface area (Å²) in [5, 5.41) is 7.97. The lowest BCUT2D eigenvalue weighted by Crippen LogP contribution is -2.87. The minimum absolute atomic E-state index is 0.0329. The molecule has 10 aromatic rings. The Balaban J connectivity index is 1.30. The minimum Gasteiger partial charge on any atom is -0.308 e. The van der Waals surface area contributed by atoms with Crippen LogP contribution in [-0.4, -0.2) is 19.8 Å². The molecule has 4 nitrogen and oxygen atoms in total. The van der Waals surface area contributed by atoms with E-state index in [4.69, 9.17) is 4.98 Å². The number of para-hydroxylation sites is 4. The molecule has 6 heteroatoms.